The lowest BCUT2D eigenvalue weighted by molar-refractivity contribution is 0.0484. The summed E-state index contributed by atoms with van der Waals surface area (Å²) in [7, 11) is 0. The van der Waals surface area contributed by atoms with Gasteiger partial charge in [0.15, 0.2) is 0 Å². The standard InChI is InChI=1S/C12H27N3O/c1-4-13-8-12(16)10-14-6-7-15(5-2)11(3)9-14/h11-13,16H,4-10H2,1-3H3. The maximum atomic E-state index is 9.82. The maximum absolute atomic E-state index is 9.82. The molecule has 0 aromatic carbocycles. The second-order valence-electron chi connectivity index (χ2n) is 4.70. The maximum Gasteiger partial charge on any atom is 0.0791 e. The molecule has 1 aliphatic rings. The fourth-order valence-corrected chi connectivity index (χ4v) is 2.38. The number of likely N-dealkylation sites (N-methyl/N-ethyl adjacent to an activating group) is 2. The Kier molecular flexibility index (Phi) is 6.28. The van der Waals surface area contributed by atoms with E-state index in [1.54, 1.807) is 0 Å². The van der Waals surface area contributed by atoms with Gasteiger partial charge in [0.2, 0.25) is 0 Å². The molecule has 2 N–H and O–H groups in total. The highest BCUT2D eigenvalue weighted by atomic mass is 16.3. The first kappa shape index (κ1) is 13.9. The minimum Gasteiger partial charge on any atom is -0.390 e. The van der Waals surface area contributed by atoms with Gasteiger partial charge in [-0.2, -0.15) is 0 Å². The third-order valence-electron chi connectivity index (χ3n) is 3.35. The van der Waals surface area contributed by atoms with Crippen molar-refractivity contribution in [3.63, 3.8) is 0 Å². The highest BCUT2D eigenvalue weighted by Crippen LogP contribution is 2.08. The van der Waals surface area contributed by atoms with Crippen molar-refractivity contribution in [2.24, 2.45) is 0 Å². The summed E-state index contributed by atoms with van der Waals surface area (Å²) in [6.07, 6.45) is -0.236. The molecule has 0 aromatic rings. The Labute approximate surface area is 99.6 Å². The Morgan fingerprint density at radius 2 is 2.12 bits per heavy atom. The molecule has 16 heavy (non-hydrogen) atoms. The highest BCUT2D eigenvalue weighted by molar-refractivity contribution is 4.79. The van der Waals surface area contributed by atoms with E-state index in [1.165, 1.54) is 0 Å². The summed E-state index contributed by atoms with van der Waals surface area (Å²) in [6.45, 7) is 13.4. The van der Waals surface area contributed by atoms with Gasteiger partial charge in [-0.25, -0.2) is 0 Å². The smallest absolute Gasteiger partial charge is 0.0791 e. The Bertz CT molecular complexity index is 189. The molecule has 0 amide bonds. The van der Waals surface area contributed by atoms with E-state index in [2.05, 4.69) is 35.9 Å². The van der Waals surface area contributed by atoms with Crippen LogP contribution in [0.15, 0.2) is 0 Å². The summed E-state index contributed by atoms with van der Waals surface area (Å²) in [6, 6.07) is 0.616. The van der Waals surface area contributed by atoms with E-state index in [-0.39, 0.29) is 6.10 Å². The number of aliphatic hydroxyl groups excluding tert-OH is 1. The first-order chi connectivity index (χ1) is 7.67. The van der Waals surface area contributed by atoms with E-state index in [1.807, 2.05) is 0 Å². The summed E-state index contributed by atoms with van der Waals surface area (Å²) in [4.78, 5) is 4.87. The quantitative estimate of drug-likeness (QED) is 0.671. The monoisotopic (exact) mass is 229 g/mol. The van der Waals surface area contributed by atoms with Crippen LogP contribution in [-0.4, -0.2) is 72.9 Å². The Morgan fingerprint density at radius 3 is 2.69 bits per heavy atom. The van der Waals surface area contributed by atoms with Crippen LogP contribution in [0.3, 0.4) is 0 Å². The van der Waals surface area contributed by atoms with Crippen molar-refractivity contribution in [1.82, 2.24) is 15.1 Å². The molecule has 0 aromatic heterocycles. The zero-order valence-corrected chi connectivity index (χ0v) is 10.9. The van der Waals surface area contributed by atoms with Crippen LogP contribution in [-0.2, 0) is 0 Å². The lowest BCUT2D eigenvalue weighted by Gasteiger charge is -2.40. The normalized spacial score (nSPS) is 25.9. The molecule has 1 heterocycles. The highest BCUT2D eigenvalue weighted by Gasteiger charge is 2.23. The molecule has 2 atom stereocenters. The summed E-state index contributed by atoms with van der Waals surface area (Å²) in [5, 5.41) is 13.0. The predicted octanol–water partition coefficient (Wildman–Crippen LogP) is -0.0172. The van der Waals surface area contributed by atoms with Crippen molar-refractivity contribution in [1.29, 1.82) is 0 Å². The molecule has 2 unspecified atom stereocenters. The van der Waals surface area contributed by atoms with E-state index >= 15 is 0 Å². The number of nitrogens with one attached hydrogen (secondary N) is 1. The van der Waals surface area contributed by atoms with Gasteiger partial charge in [-0.1, -0.05) is 13.8 Å². The molecule has 0 radical (unpaired) electrons. The fourth-order valence-electron chi connectivity index (χ4n) is 2.38. The van der Waals surface area contributed by atoms with Gasteiger partial charge in [0.05, 0.1) is 6.10 Å². The summed E-state index contributed by atoms with van der Waals surface area (Å²) in [5.74, 6) is 0. The number of nitrogens with zero attached hydrogens (tertiary/aromatic N) is 2. The van der Waals surface area contributed by atoms with E-state index in [0.717, 1.165) is 39.3 Å². The summed E-state index contributed by atoms with van der Waals surface area (Å²) < 4.78 is 0. The molecule has 4 nitrogen and oxygen atoms in total. The SMILES string of the molecule is CCNCC(O)CN1CCN(CC)C(C)C1. The van der Waals surface area contributed by atoms with Gasteiger partial charge >= 0.3 is 0 Å². The average Bonchev–Trinajstić information content (AvgIpc) is 2.26. The molecule has 0 saturated carbocycles. The lowest BCUT2D eigenvalue weighted by Crippen LogP contribution is -2.53. The zero-order valence-electron chi connectivity index (χ0n) is 10.9. The van der Waals surface area contributed by atoms with Crippen molar-refractivity contribution in [2.45, 2.75) is 32.9 Å². The number of hydrogen-bond acceptors (Lipinski definition) is 4. The third-order valence-corrected chi connectivity index (χ3v) is 3.35. The molecule has 0 aliphatic carbocycles. The van der Waals surface area contributed by atoms with Gasteiger partial charge in [0.1, 0.15) is 0 Å². The van der Waals surface area contributed by atoms with Gasteiger partial charge in [-0.3, -0.25) is 9.80 Å². The Hall–Kier alpha value is -0.160. The Balaban J connectivity index is 2.24. The van der Waals surface area contributed by atoms with Gasteiger partial charge in [-0.05, 0) is 20.0 Å². The van der Waals surface area contributed by atoms with E-state index < -0.39 is 0 Å². The first-order valence-corrected chi connectivity index (χ1v) is 6.52. The fraction of sp³-hybridized carbons (Fsp3) is 1.00. The topological polar surface area (TPSA) is 38.7 Å². The first-order valence-electron chi connectivity index (χ1n) is 6.52. The molecular weight excluding hydrogens is 202 g/mol. The van der Waals surface area contributed by atoms with Crippen molar-refractivity contribution < 1.29 is 5.11 Å². The van der Waals surface area contributed by atoms with E-state index in [9.17, 15) is 5.11 Å². The van der Waals surface area contributed by atoms with Gasteiger partial charge in [0.25, 0.3) is 0 Å². The molecule has 0 spiro atoms. The van der Waals surface area contributed by atoms with Crippen LogP contribution in [0.5, 0.6) is 0 Å². The van der Waals surface area contributed by atoms with Gasteiger partial charge < -0.3 is 10.4 Å². The van der Waals surface area contributed by atoms with Crippen molar-refractivity contribution in [3.05, 3.63) is 0 Å². The second-order valence-corrected chi connectivity index (χ2v) is 4.70. The van der Waals surface area contributed by atoms with Gasteiger partial charge in [0, 0.05) is 38.8 Å². The predicted molar refractivity (Wildman–Crippen MR) is 67.7 cm³/mol. The minimum absolute atomic E-state index is 0.236. The molecular formula is C12H27N3O. The number of hydrogen-bond donors (Lipinski definition) is 2. The molecule has 96 valence electrons. The van der Waals surface area contributed by atoms with Crippen molar-refractivity contribution in [3.8, 4) is 0 Å². The number of piperazine rings is 1. The number of rotatable bonds is 6. The molecule has 1 rings (SSSR count). The van der Waals surface area contributed by atoms with Crippen molar-refractivity contribution >= 4 is 0 Å². The third kappa shape index (κ3) is 4.37. The minimum atomic E-state index is -0.236. The lowest BCUT2D eigenvalue weighted by atomic mass is 10.1. The summed E-state index contributed by atoms with van der Waals surface area (Å²) in [5.41, 5.74) is 0. The van der Waals surface area contributed by atoms with Crippen LogP contribution < -0.4 is 5.32 Å². The van der Waals surface area contributed by atoms with Crippen LogP contribution in [0.4, 0.5) is 0 Å². The number of aliphatic hydroxyl groups is 1. The average molecular weight is 229 g/mol. The molecule has 0 bridgehead atoms. The van der Waals surface area contributed by atoms with Crippen LogP contribution in [0.25, 0.3) is 0 Å². The van der Waals surface area contributed by atoms with E-state index in [4.69, 9.17) is 0 Å². The Morgan fingerprint density at radius 1 is 1.38 bits per heavy atom. The molecule has 1 saturated heterocycles. The van der Waals surface area contributed by atoms with Gasteiger partial charge in [-0.15, -0.1) is 0 Å². The van der Waals surface area contributed by atoms with Crippen LogP contribution in [0.1, 0.15) is 20.8 Å². The number of β-amino-alcohol motifs (C(OH)–C–C–N with tert-alkyl or cyclic N) is 1. The largest absolute Gasteiger partial charge is 0.390 e. The van der Waals surface area contributed by atoms with Crippen LogP contribution >= 0.6 is 0 Å². The zero-order chi connectivity index (χ0) is 12.0. The molecule has 1 aliphatic heterocycles. The van der Waals surface area contributed by atoms with Crippen molar-refractivity contribution in [2.75, 3.05) is 45.8 Å². The molecule has 1 fully saturated rings. The molecule has 4 heteroatoms. The second kappa shape index (κ2) is 7.22. The summed E-state index contributed by atoms with van der Waals surface area (Å²) >= 11 is 0. The van der Waals surface area contributed by atoms with Crippen LogP contribution in [0.2, 0.25) is 0 Å². The van der Waals surface area contributed by atoms with Crippen LogP contribution in [0, 0.1) is 0 Å². The van der Waals surface area contributed by atoms with E-state index in [0.29, 0.717) is 12.6 Å².